The van der Waals surface area contributed by atoms with Gasteiger partial charge >= 0.3 is 5.97 Å². The number of hydrogen-bond acceptors (Lipinski definition) is 2. The second-order valence-electron chi connectivity index (χ2n) is 6.69. The highest BCUT2D eigenvalue weighted by Crippen LogP contribution is 2.25. The van der Waals surface area contributed by atoms with Gasteiger partial charge in [-0.3, -0.25) is 0 Å². The maximum Gasteiger partial charge on any atom is 0.344 e. The van der Waals surface area contributed by atoms with Crippen molar-refractivity contribution < 1.29 is 9.53 Å². The summed E-state index contributed by atoms with van der Waals surface area (Å²) in [6.45, 7) is 6.47. The number of benzene rings is 3. The quantitative estimate of drug-likeness (QED) is 0.471. The lowest BCUT2D eigenvalue weighted by molar-refractivity contribution is 0.0737. The predicted molar refractivity (Wildman–Crippen MR) is 94.0 cm³/mol. The normalized spacial score (nSPS) is 11.4. The molecular weight excluding hydrogens is 284 g/mol. The molecule has 0 unspecified atom stereocenters. The fourth-order valence-electron chi connectivity index (χ4n) is 2.59. The van der Waals surface area contributed by atoms with Gasteiger partial charge in [-0.2, -0.15) is 0 Å². The van der Waals surface area contributed by atoms with E-state index in [0.29, 0.717) is 11.3 Å². The van der Waals surface area contributed by atoms with E-state index >= 15 is 0 Å². The van der Waals surface area contributed by atoms with Crippen LogP contribution in [0.25, 0.3) is 10.8 Å². The lowest BCUT2D eigenvalue weighted by Gasteiger charge is -2.19. The van der Waals surface area contributed by atoms with E-state index in [1.807, 2.05) is 60.7 Å². The highest BCUT2D eigenvalue weighted by molar-refractivity contribution is 6.05. The zero-order chi connectivity index (χ0) is 16.4. The van der Waals surface area contributed by atoms with Crippen LogP contribution in [0.15, 0.2) is 66.7 Å². The molecule has 0 fully saturated rings. The van der Waals surface area contributed by atoms with Crippen LogP contribution in [0.4, 0.5) is 0 Å². The Kier molecular flexibility index (Phi) is 3.91. The molecule has 3 aromatic carbocycles. The monoisotopic (exact) mass is 304 g/mol. The summed E-state index contributed by atoms with van der Waals surface area (Å²) >= 11 is 0. The standard InChI is InChI=1S/C21H20O2/c1-21(2,3)16-11-13-17(14-12-16)23-20(22)19-10-6-8-15-7-4-5-9-18(15)19/h4-14H,1-3H3. The van der Waals surface area contributed by atoms with Gasteiger partial charge in [0.1, 0.15) is 5.75 Å². The van der Waals surface area contributed by atoms with Crippen molar-refractivity contribution in [3.05, 3.63) is 77.9 Å². The van der Waals surface area contributed by atoms with Crippen molar-refractivity contribution in [2.24, 2.45) is 0 Å². The molecule has 23 heavy (non-hydrogen) atoms. The smallest absolute Gasteiger partial charge is 0.344 e. The molecule has 2 nitrogen and oxygen atoms in total. The largest absolute Gasteiger partial charge is 0.423 e. The molecule has 116 valence electrons. The average Bonchev–Trinajstić information content (AvgIpc) is 2.54. The Morgan fingerprint density at radius 2 is 1.48 bits per heavy atom. The van der Waals surface area contributed by atoms with Gasteiger partial charge in [0.05, 0.1) is 5.56 Å². The van der Waals surface area contributed by atoms with Gasteiger partial charge < -0.3 is 4.74 Å². The zero-order valence-electron chi connectivity index (χ0n) is 13.7. The number of rotatable bonds is 2. The second kappa shape index (κ2) is 5.88. The van der Waals surface area contributed by atoms with E-state index in [0.717, 1.165) is 10.8 Å². The molecule has 0 atom stereocenters. The Balaban J connectivity index is 1.86. The van der Waals surface area contributed by atoms with E-state index in [4.69, 9.17) is 4.74 Å². The molecule has 0 heterocycles. The maximum atomic E-state index is 12.5. The van der Waals surface area contributed by atoms with Crippen LogP contribution < -0.4 is 4.74 Å². The first-order valence-electron chi connectivity index (χ1n) is 7.76. The Hall–Kier alpha value is -2.61. The van der Waals surface area contributed by atoms with Crippen molar-refractivity contribution in [3.63, 3.8) is 0 Å². The first kappa shape index (κ1) is 15.3. The summed E-state index contributed by atoms with van der Waals surface area (Å²) in [5, 5.41) is 1.94. The lowest BCUT2D eigenvalue weighted by atomic mass is 9.87. The van der Waals surface area contributed by atoms with Crippen LogP contribution in [-0.2, 0) is 5.41 Å². The summed E-state index contributed by atoms with van der Waals surface area (Å²) in [5.41, 5.74) is 1.88. The SMILES string of the molecule is CC(C)(C)c1ccc(OC(=O)c2cccc3ccccc23)cc1. The fraction of sp³-hybridized carbons (Fsp3) is 0.190. The molecule has 0 bridgehead atoms. The molecule has 3 aromatic rings. The Morgan fingerprint density at radius 3 is 2.17 bits per heavy atom. The van der Waals surface area contributed by atoms with Gasteiger partial charge in [0.25, 0.3) is 0 Å². The number of carbonyl (C=O) groups excluding carboxylic acids is 1. The van der Waals surface area contributed by atoms with Crippen LogP contribution in [0.3, 0.4) is 0 Å². The van der Waals surface area contributed by atoms with Crippen molar-refractivity contribution in [2.75, 3.05) is 0 Å². The van der Waals surface area contributed by atoms with Crippen LogP contribution in [0.2, 0.25) is 0 Å². The molecule has 0 spiro atoms. The zero-order valence-corrected chi connectivity index (χ0v) is 13.7. The summed E-state index contributed by atoms with van der Waals surface area (Å²) in [6, 6.07) is 21.2. The van der Waals surface area contributed by atoms with Crippen LogP contribution in [0, 0.1) is 0 Å². The van der Waals surface area contributed by atoms with Crippen LogP contribution >= 0.6 is 0 Å². The third-order valence-electron chi connectivity index (χ3n) is 3.94. The highest BCUT2D eigenvalue weighted by atomic mass is 16.5. The van der Waals surface area contributed by atoms with E-state index in [1.54, 1.807) is 6.07 Å². The molecule has 0 aliphatic rings. The molecule has 0 aliphatic carbocycles. The second-order valence-corrected chi connectivity index (χ2v) is 6.69. The van der Waals surface area contributed by atoms with Crippen LogP contribution in [0.1, 0.15) is 36.7 Å². The van der Waals surface area contributed by atoms with Crippen molar-refractivity contribution in [1.29, 1.82) is 0 Å². The van der Waals surface area contributed by atoms with E-state index in [2.05, 4.69) is 20.8 Å². The third kappa shape index (κ3) is 3.26. The minimum absolute atomic E-state index is 0.0815. The summed E-state index contributed by atoms with van der Waals surface area (Å²) in [6.07, 6.45) is 0. The first-order valence-corrected chi connectivity index (χ1v) is 7.76. The van der Waals surface area contributed by atoms with Gasteiger partial charge in [0.15, 0.2) is 0 Å². The molecule has 0 aliphatic heterocycles. The van der Waals surface area contributed by atoms with E-state index in [9.17, 15) is 4.79 Å². The molecule has 0 saturated heterocycles. The molecule has 0 N–H and O–H groups in total. The van der Waals surface area contributed by atoms with Crippen molar-refractivity contribution in [3.8, 4) is 5.75 Å². The van der Waals surface area contributed by atoms with Gasteiger partial charge in [-0.1, -0.05) is 69.3 Å². The first-order chi connectivity index (χ1) is 10.9. The van der Waals surface area contributed by atoms with E-state index in [1.165, 1.54) is 5.56 Å². The number of hydrogen-bond donors (Lipinski definition) is 0. The van der Waals surface area contributed by atoms with Gasteiger partial charge in [-0.25, -0.2) is 4.79 Å². The highest BCUT2D eigenvalue weighted by Gasteiger charge is 2.15. The lowest BCUT2D eigenvalue weighted by Crippen LogP contribution is -2.12. The summed E-state index contributed by atoms with van der Waals surface area (Å²) in [7, 11) is 0. The molecule has 2 heteroatoms. The fourth-order valence-corrected chi connectivity index (χ4v) is 2.59. The average molecular weight is 304 g/mol. The van der Waals surface area contributed by atoms with Gasteiger partial charge in [0.2, 0.25) is 0 Å². The molecular formula is C21H20O2. The van der Waals surface area contributed by atoms with Crippen LogP contribution in [-0.4, -0.2) is 5.97 Å². The summed E-state index contributed by atoms with van der Waals surface area (Å²) in [5.74, 6) is 0.237. The minimum Gasteiger partial charge on any atom is -0.423 e. The summed E-state index contributed by atoms with van der Waals surface area (Å²) in [4.78, 5) is 12.5. The maximum absolute atomic E-state index is 12.5. The van der Waals surface area contributed by atoms with Crippen LogP contribution in [0.5, 0.6) is 5.75 Å². The number of esters is 1. The van der Waals surface area contributed by atoms with Gasteiger partial charge in [-0.05, 0) is 39.9 Å². The van der Waals surface area contributed by atoms with Gasteiger partial charge in [-0.15, -0.1) is 0 Å². The molecule has 0 radical (unpaired) electrons. The van der Waals surface area contributed by atoms with Crippen molar-refractivity contribution in [1.82, 2.24) is 0 Å². The van der Waals surface area contributed by atoms with Gasteiger partial charge in [0, 0.05) is 0 Å². The molecule has 0 amide bonds. The Bertz CT molecular complexity index is 834. The van der Waals surface area contributed by atoms with E-state index < -0.39 is 0 Å². The Morgan fingerprint density at radius 1 is 0.826 bits per heavy atom. The number of ether oxygens (including phenoxy) is 1. The third-order valence-corrected chi connectivity index (χ3v) is 3.94. The summed E-state index contributed by atoms with van der Waals surface area (Å²) < 4.78 is 5.54. The van der Waals surface area contributed by atoms with E-state index in [-0.39, 0.29) is 11.4 Å². The topological polar surface area (TPSA) is 26.3 Å². The molecule has 0 saturated carbocycles. The molecule has 0 aromatic heterocycles. The Labute approximate surface area is 136 Å². The molecule has 3 rings (SSSR count). The van der Waals surface area contributed by atoms with Crippen molar-refractivity contribution >= 4 is 16.7 Å². The van der Waals surface area contributed by atoms with Crippen molar-refractivity contribution in [2.45, 2.75) is 26.2 Å². The number of carbonyl (C=O) groups is 1. The predicted octanol–water partition coefficient (Wildman–Crippen LogP) is 5.36. The minimum atomic E-state index is -0.328. The number of fused-ring (bicyclic) bond motifs is 1.